The molecule has 0 aliphatic carbocycles. The first kappa shape index (κ1) is 22.4. The average Bonchev–Trinajstić information content (AvgIpc) is 3.00. The lowest BCUT2D eigenvalue weighted by Gasteiger charge is -2.10. The molecule has 162 valence electrons. The molecule has 1 aliphatic rings. The maximum atomic E-state index is 12.5. The number of imide groups is 1. The Balaban J connectivity index is 1.79. The molecule has 0 unspecified atom stereocenters. The highest BCUT2D eigenvalue weighted by molar-refractivity contribution is 8.18. The van der Waals surface area contributed by atoms with E-state index in [4.69, 9.17) is 8.92 Å². The molecule has 0 radical (unpaired) electrons. The molecule has 2 amide bonds. The van der Waals surface area contributed by atoms with Gasteiger partial charge in [0.1, 0.15) is 22.9 Å². The lowest BCUT2D eigenvalue weighted by molar-refractivity contribution is -0.143. The fraction of sp³-hybridized carbons (Fsp3) is 0.150. The molecule has 0 N–H and O–H groups in total. The summed E-state index contributed by atoms with van der Waals surface area (Å²) in [5.74, 6) is -0.833. The second-order valence-corrected chi connectivity index (χ2v) is 8.67. The van der Waals surface area contributed by atoms with Gasteiger partial charge in [0, 0.05) is 0 Å². The van der Waals surface area contributed by atoms with Crippen LogP contribution in [0.5, 0.6) is 11.5 Å². The van der Waals surface area contributed by atoms with Crippen molar-refractivity contribution in [2.75, 3.05) is 20.8 Å². The molecule has 0 saturated carbocycles. The van der Waals surface area contributed by atoms with Gasteiger partial charge < -0.3 is 13.7 Å². The van der Waals surface area contributed by atoms with Gasteiger partial charge in [-0.1, -0.05) is 12.1 Å². The number of methoxy groups -OCH3 is 2. The Morgan fingerprint density at radius 2 is 1.77 bits per heavy atom. The normalized spacial score (nSPS) is 15.3. The monoisotopic (exact) mass is 463 g/mol. The van der Waals surface area contributed by atoms with E-state index in [2.05, 4.69) is 4.74 Å². The van der Waals surface area contributed by atoms with Crippen LogP contribution in [0.3, 0.4) is 0 Å². The molecule has 0 atom stereocenters. The first-order valence-corrected chi connectivity index (χ1v) is 11.0. The van der Waals surface area contributed by atoms with Crippen molar-refractivity contribution in [3.05, 3.63) is 59.0 Å². The Morgan fingerprint density at radius 3 is 2.42 bits per heavy atom. The van der Waals surface area contributed by atoms with E-state index in [9.17, 15) is 22.8 Å². The van der Waals surface area contributed by atoms with Gasteiger partial charge in [0.2, 0.25) is 0 Å². The predicted molar refractivity (Wildman–Crippen MR) is 112 cm³/mol. The van der Waals surface area contributed by atoms with E-state index in [1.54, 1.807) is 12.1 Å². The summed E-state index contributed by atoms with van der Waals surface area (Å²) in [6.07, 6.45) is 1.41. The molecule has 0 aromatic heterocycles. The van der Waals surface area contributed by atoms with Gasteiger partial charge in [0.05, 0.1) is 19.1 Å². The third-order valence-corrected chi connectivity index (χ3v) is 6.27. The maximum Gasteiger partial charge on any atom is 0.339 e. The summed E-state index contributed by atoms with van der Waals surface area (Å²) in [5.41, 5.74) is 0.436. The van der Waals surface area contributed by atoms with Crippen LogP contribution in [0.1, 0.15) is 5.56 Å². The Morgan fingerprint density at radius 1 is 1.06 bits per heavy atom. The van der Waals surface area contributed by atoms with Crippen molar-refractivity contribution in [3.63, 3.8) is 0 Å². The summed E-state index contributed by atoms with van der Waals surface area (Å²) in [6, 6.07) is 11.7. The summed E-state index contributed by atoms with van der Waals surface area (Å²) in [7, 11) is -1.47. The number of nitrogens with zero attached hydrogens (tertiary/aromatic N) is 1. The van der Waals surface area contributed by atoms with E-state index in [1.165, 1.54) is 49.6 Å². The highest BCUT2D eigenvalue weighted by Gasteiger charge is 2.36. The molecule has 0 spiro atoms. The molecular formula is C20H17NO8S2. The average molecular weight is 463 g/mol. The highest BCUT2D eigenvalue weighted by atomic mass is 32.2. The van der Waals surface area contributed by atoms with Gasteiger partial charge in [-0.15, -0.1) is 0 Å². The number of amides is 2. The van der Waals surface area contributed by atoms with Gasteiger partial charge >= 0.3 is 16.1 Å². The van der Waals surface area contributed by atoms with E-state index in [1.807, 2.05) is 0 Å². The van der Waals surface area contributed by atoms with E-state index in [0.717, 1.165) is 12.0 Å². The fourth-order valence-corrected chi connectivity index (χ4v) is 4.32. The Labute approximate surface area is 182 Å². The summed E-state index contributed by atoms with van der Waals surface area (Å²) in [4.78, 5) is 36.6. The number of benzene rings is 2. The number of thioether (sulfide) groups is 1. The largest absolute Gasteiger partial charge is 0.497 e. The quantitative estimate of drug-likeness (QED) is 0.347. The van der Waals surface area contributed by atoms with Crippen LogP contribution in [0.2, 0.25) is 0 Å². The molecule has 1 aliphatic heterocycles. The van der Waals surface area contributed by atoms with Crippen LogP contribution < -0.4 is 8.92 Å². The minimum absolute atomic E-state index is 0.0263. The van der Waals surface area contributed by atoms with Gasteiger partial charge in [-0.3, -0.25) is 19.3 Å². The summed E-state index contributed by atoms with van der Waals surface area (Å²) in [5, 5.41) is -0.601. The number of carbonyl (C=O) groups excluding carboxylic acids is 3. The van der Waals surface area contributed by atoms with Crippen LogP contribution in [0.25, 0.3) is 6.08 Å². The molecule has 0 bridgehead atoms. The standard InChI is InChI=1S/C20H17NO8S2/c1-27-14-6-8-16(9-7-14)31(25,26)29-15-5-3-4-13(10-15)11-17-19(23)21(20(24)30-17)12-18(22)28-2/h3-11H,12H2,1-2H3/b17-11-. The number of carbonyl (C=O) groups is 3. The van der Waals surface area contributed by atoms with Gasteiger partial charge in [-0.2, -0.15) is 8.42 Å². The predicted octanol–water partition coefficient (Wildman–Crippen LogP) is 2.67. The molecule has 3 rings (SSSR count). The maximum absolute atomic E-state index is 12.5. The van der Waals surface area contributed by atoms with Crippen molar-refractivity contribution >= 4 is 45.1 Å². The Hall–Kier alpha value is -3.31. The van der Waals surface area contributed by atoms with Crippen LogP contribution in [-0.2, 0) is 24.4 Å². The van der Waals surface area contributed by atoms with Crippen LogP contribution >= 0.6 is 11.8 Å². The van der Waals surface area contributed by atoms with Gasteiger partial charge in [0.25, 0.3) is 11.1 Å². The lowest BCUT2D eigenvalue weighted by Crippen LogP contribution is -2.34. The number of hydrogen-bond donors (Lipinski definition) is 0. The van der Waals surface area contributed by atoms with Crippen LogP contribution in [0.4, 0.5) is 4.79 Å². The lowest BCUT2D eigenvalue weighted by atomic mass is 10.2. The van der Waals surface area contributed by atoms with Crippen molar-refractivity contribution in [1.82, 2.24) is 4.90 Å². The second-order valence-electron chi connectivity index (χ2n) is 6.13. The first-order chi connectivity index (χ1) is 14.7. The molecule has 2 aromatic rings. The zero-order chi connectivity index (χ0) is 22.6. The van der Waals surface area contributed by atoms with Crippen molar-refractivity contribution in [3.8, 4) is 11.5 Å². The SMILES string of the molecule is COC(=O)CN1C(=O)S/C(=C\c2cccc(OS(=O)(=O)c3ccc(OC)cc3)c2)C1=O. The third kappa shape index (κ3) is 5.25. The topological polar surface area (TPSA) is 116 Å². The van der Waals surface area contributed by atoms with E-state index in [0.29, 0.717) is 23.1 Å². The minimum Gasteiger partial charge on any atom is -0.497 e. The second kappa shape index (κ2) is 9.23. The number of hydrogen-bond acceptors (Lipinski definition) is 9. The molecule has 2 aromatic carbocycles. The van der Waals surface area contributed by atoms with E-state index < -0.39 is 33.8 Å². The van der Waals surface area contributed by atoms with Gasteiger partial charge in [-0.25, -0.2) is 0 Å². The number of esters is 1. The van der Waals surface area contributed by atoms with E-state index in [-0.39, 0.29) is 15.6 Å². The van der Waals surface area contributed by atoms with Gasteiger partial charge in [0.15, 0.2) is 0 Å². The molecule has 1 heterocycles. The molecular weight excluding hydrogens is 446 g/mol. The zero-order valence-corrected chi connectivity index (χ0v) is 18.1. The smallest absolute Gasteiger partial charge is 0.339 e. The van der Waals surface area contributed by atoms with Crippen molar-refractivity contribution < 1.29 is 36.5 Å². The van der Waals surface area contributed by atoms with Crippen molar-refractivity contribution in [1.29, 1.82) is 0 Å². The van der Waals surface area contributed by atoms with Crippen molar-refractivity contribution in [2.24, 2.45) is 0 Å². The zero-order valence-electron chi connectivity index (χ0n) is 16.4. The fourth-order valence-electron chi connectivity index (χ4n) is 2.55. The molecule has 1 saturated heterocycles. The summed E-state index contributed by atoms with van der Waals surface area (Å²) in [6.45, 7) is -0.484. The number of rotatable bonds is 7. The highest BCUT2D eigenvalue weighted by Crippen LogP contribution is 2.32. The number of ether oxygens (including phenoxy) is 2. The Bertz CT molecular complexity index is 1160. The molecule has 1 fully saturated rings. The molecule has 11 heteroatoms. The van der Waals surface area contributed by atoms with Crippen LogP contribution in [0.15, 0.2) is 58.3 Å². The summed E-state index contributed by atoms with van der Waals surface area (Å²) < 4.78 is 39.6. The first-order valence-electron chi connectivity index (χ1n) is 8.74. The third-order valence-electron chi connectivity index (χ3n) is 4.10. The van der Waals surface area contributed by atoms with E-state index >= 15 is 0 Å². The molecule has 31 heavy (non-hydrogen) atoms. The van der Waals surface area contributed by atoms with Gasteiger partial charge in [-0.05, 0) is 59.8 Å². The Kier molecular flexibility index (Phi) is 6.66. The molecule has 9 nitrogen and oxygen atoms in total. The minimum atomic E-state index is -4.09. The van der Waals surface area contributed by atoms with Crippen LogP contribution in [-0.4, -0.2) is 51.2 Å². The summed E-state index contributed by atoms with van der Waals surface area (Å²) >= 11 is 0.668. The van der Waals surface area contributed by atoms with Crippen LogP contribution in [0, 0.1) is 0 Å². The van der Waals surface area contributed by atoms with Crippen molar-refractivity contribution in [2.45, 2.75) is 4.90 Å².